The standard InChI is InChI=1S/C63H100O32/c1-23-45(90-55-48(35(71)29(69)21-85-55)93-54-43(79)39(75)46(91-54)27(67)18-64)38(74)42(78)52(87-23)89-31-22-86-51(44(80)47(31)92-50-40(76)34(70)28(68)20-84-50)95-57(83)63-14-12-58(2,3)16-25(63)24-8-9-32-59(4)17-26(66)49(94-53-41(77)37(73)36(72)30(19-65)88-53)62(7,56(81)82)33(59)10-11-61(32,6)60(24,5)13-15-63/h8,23,25-55,64-80H,9-22H2,1-7H3,(H,81,82). The number of ether oxygens (including phenoxy) is 12. The zero-order valence-electron chi connectivity index (χ0n) is 54.2. The first-order valence-electron chi connectivity index (χ1n) is 33.2. The fourth-order valence-corrected chi connectivity index (χ4v) is 18.7. The summed E-state index contributed by atoms with van der Waals surface area (Å²) in [4.78, 5) is 29.4. The summed E-state index contributed by atoms with van der Waals surface area (Å²) in [5.41, 5.74) is -4.19. The van der Waals surface area contributed by atoms with Crippen molar-refractivity contribution in [2.24, 2.45) is 50.2 Å². The minimum atomic E-state index is -2.01. The molecule has 37 atom stereocenters. The van der Waals surface area contributed by atoms with Crippen molar-refractivity contribution in [1.29, 1.82) is 0 Å². The molecule has 4 saturated carbocycles. The molecule has 6 saturated heterocycles. The fraction of sp³-hybridized carbons (Fsp3) is 0.937. The second-order valence-corrected chi connectivity index (χ2v) is 30.5. The van der Waals surface area contributed by atoms with E-state index in [0.717, 1.165) is 5.57 Å². The number of carbonyl (C=O) groups excluding carboxylic acids is 1. The summed E-state index contributed by atoms with van der Waals surface area (Å²) in [7, 11) is 0. The second kappa shape index (κ2) is 27.4. The lowest BCUT2D eigenvalue weighted by atomic mass is 9.33. The van der Waals surface area contributed by atoms with E-state index in [2.05, 4.69) is 33.8 Å². The van der Waals surface area contributed by atoms with E-state index in [1.165, 1.54) is 13.8 Å². The highest BCUT2D eigenvalue weighted by Crippen LogP contribution is 2.76. The highest BCUT2D eigenvalue weighted by Gasteiger charge is 2.73. The normalized spacial score (nSPS) is 54.2. The van der Waals surface area contributed by atoms with Crippen molar-refractivity contribution in [3.05, 3.63) is 11.6 Å². The molecule has 6 heterocycles. The SMILES string of the molecule is CC1OC(OC2COC(OC(=O)C34CCC(C)(C)CC3C3=CCC5C6(C)CC(O)C(OC7OC(CO)C(O)C(O)C7O)C(C)(C(=O)O)C6CCC5(C)C3(C)CC4)C(O)C2OC2OCC(O)C(O)C2O)C(O)C(O)C1OC1OCC(O)C(O)C1OC1OC(C(O)CO)C(O)C1O. The lowest BCUT2D eigenvalue weighted by molar-refractivity contribution is -0.379. The number of esters is 1. The van der Waals surface area contributed by atoms with Gasteiger partial charge in [-0.2, -0.15) is 0 Å². The Morgan fingerprint density at radius 1 is 0.558 bits per heavy atom. The Balaban J connectivity index is 0.810. The zero-order valence-corrected chi connectivity index (χ0v) is 54.2. The van der Waals surface area contributed by atoms with Crippen LogP contribution in [0.25, 0.3) is 0 Å². The molecule has 0 amide bonds. The molecule has 95 heavy (non-hydrogen) atoms. The van der Waals surface area contributed by atoms with Crippen LogP contribution < -0.4 is 0 Å². The third kappa shape index (κ3) is 12.5. The third-order valence-corrected chi connectivity index (χ3v) is 24.5. The van der Waals surface area contributed by atoms with Gasteiger partial charge in [-0.25, -0.2) is 0 Å². The van der Waals surface area contributed by atoms with Gasteiger partial charge in [0.1, 0.15) is 128 Å². The number of aliphatic hydroxyl groups is 17. The molecule has 5 aliphatic carbocycles. The second-order valence-electron chi connectivity index (χ2n) is 30.5. The first kappa shape index (κ1) is 73.8. The Hall–Kier alpha value is -2.44. The molecule has 0 aromatic carbocycles. The molecule has 0 aromatic rings. The van der Waals surface area contributed by atoms with E-state index in [4.69, 9.17) is 56.8 Å². The molecular formula is C63H100O32. The van der Waals surface area contributed by atoms with Gasteiger partial charge in [0.2, 0.25) is 6.29 Å². The molecular weight excluding hydrogens is 1270 g/mol. The molecule has 11 aliphatic rings. The average Bonchev–Trinajstić information content (AvgIpc) is 0.847. The van der Waals surface area contributed by atoms with Crippen molar-refractivity contribution in [2.75, 3.05) is 33.0 Å². The van der Waals surface area contributed by atoms with Crippen LogP contribution in [-0.2, 0) is 66.4 Å². The number of carbonyl (C=O) groups is 2. The van der Waals surface area contributed by atoms with Crippen LogP contribution in [0.5, 0.6) is 0 Å². The predicted octanol–water partition coefficient (Wildman–Crippen LogP) is -5.41. The van der Waals surface area contributed by atoms with Crippen molar-refractivity contribution in [1.82, 2.24) is 0 Å². The molecule has 32 heteroatoms. The number of hydrogen-bond donors (Lipinski definition) is 18. The first-order chi connectivity index (χ1) is 44.5. The molecule has 6 aliphatic heterocycles. The van der Waals surface area contributed by atoms with Crippen LogP contribution in [0.4, 0.5) is 0 Å². The number of aliphatic hydroxyl groups excluding tert-OH is 17. The van der Waals surface area contributed by atoms with Gasteiger partial charge in [-0.05, 0) is 111 Å². The number of fused-ring (bicyclic) bond motifs is 7. The van der Waals surface area contributed by atoms with Gasteiger partial charge in [0.05, 0.1) is 56.1 Å². The van der Waals surface area contributed by atoms with Gasteiger partial charge in [-0.15, -0.1) is 0 Å². The summed E-state index contributed by atoms with van der Waals surface area (Å²) in [5.74, 6) is -3.19. The summed E-state index contributed by atoms with van der Waals surface area (Å²) in [5, 5.41) is 196. The molecule has 544 valence electrons. The van der Waals surface area contributed by atoms with E-state index in [0.29, 0.717) is 51.4 Å². The first-order valence-corrected chi connectivity index (χ1v) is 33.2. The van der Waals surface area contributed by atoms with E-state index in [1.54, 1.807) is 0 Å². The molecule has 0 aromatic heterocycles. The maximum absolute atomic E-state index is 15.5. The maximum atomic E-state index is 15.5. The molecule has 0 radical (unpaired) electrons. The Bertz CT molecular complexity index is 2730. The number of aliphatic carboxylic acids is 1. The van der Waals surface area contributed by atoms with Crippen molar-refractivity contribution in [2.45, 2.75) is 284 Å². The average molecular weight is 1370 g/mol. The lowest BCUT2D eigenvalue weighted by Gasteiger charge is -2.71. The summed E-state index contributed by atoms with van der Waals surface area (Å²) < 4.78 is 71.3. The molecule has 18 N–H and O–H groups in total. The van der Waals surface area contributed by atoms with Gasteiger partial charge in [0.25, 0.3) is 0 Å². The Labute approximate surface area is 548 Å². The number of rotatable bonds is 16. The molecule has 10 fully saturated rings. The number of carboxylic acid groups (broad SMARTS) is 1. The smallest absolute Gasteiger partial charge is 0.315 e. The van der Waals surface area contributed by atoms with Gasteiger partial charge in [0.15, 0.2) is 31.5 Å². The van der Waals surface area contributed by atoms with E-state index in [1.807, 2.05) is 6.92 Å². The van der Waals surface area contributed by atoms with Crippen LogP contribution in [0.3, 0.4) is 0 Å². The van der Waals surface area contributed by atoms with Crippen molar-refractivity contribution in [3.63, 3.8) is 0 Å². The maximum Gasteiger partial charge on any atom is 0.315 e. The number of carboxylic acids is 1. The number of allylic oxidation sites excluding steroid dienone is 2. The Morgan fingerprint density at radius 2 is 1.15 bits per heavy atom. The van der Waals surface area contributed by atoms with E-state index in [-0.39, 0.29) is 17.8 Å². The summed E-state index contributed by atoms with van der Waals surface area (Å²) in [6.07, 6.45) is -43.3. The monoisotopic (exact) mass is 1370 g/mol. The topological polar surface area (TPSA) is 509 Å². The summed E-state index contributed by atoms with van der Waals surface area (Å²) in [6.45, 7) is 10.4. The van der Waals surface area contributed by atoms with Crippen molar-refractivity contribution < 1.29 is 158 Å². The van der Waals surface area contributed by atoms with E-state index in [9.17, 15) is 96.7 Å². The van der Waals surface area contributed by atoms with Gasteiger partial charge in [-0.1, -0.05) is 46.3 Å². The van der Waals surface area contributed by atoms with Crippen LogP contribution in [0, 0.1) is 50.2 Å². The summed E-state index contributed by atoms with van der Waals surface area (Å²) >= 11 is 0. The largest absolute Gasteiger partial charge is 0.481 e. The van der Waals surface area contributed by atoms with Crippen LogP contribution >= 0.6 is 0 Å². The molecule has 37 unspecified atom stereocenters. The predicted molar refractivity (Wildman–Crippen MR) is 312 cm³/mol. The summed E-state index contributed by atoms with van der Waals surface area (Å²) in [6, 6.07) is 0. The zero-order chi connectivity index (χ0) is 69.3. The van der Waals surface area contributed by atoms with E-state index < -0.39 is 262 Å². The minimum absolute atomic E-state index is 0.0858. The van der Waals surface area contributed by atoms with Gasteiger partial charge < -0.3 is 149 Å². The Kier molecular flexibility index (Phi) is 21.3. The number of hydrogen-bond acceptors (Lipinski definition) is 31. The van der Waals surface area contributed by atoms with Crippen LogP contribution in [0.15, 0.2) is 11.6 Å². The molecule has 11 rings (SSSR count). The molecule has 0 spiro atoms. The minimum Gasteiger partial charge on any atom is -0.481 e. The molecule has 0 bridgehead atoms. The van der Waals surface area contributed by atoms with Crippen LogP contribution in [0.2, 0.25) is 0 Å². The van der Waals surface area contributed by atoms with E-state index >= 15 is 4.79 Å². The van der Waals surface area contributed by atoms with Gasteiger partial charge in [0, 0.05) is 0 Å². The van der Waals surface area contributed by atoms with Crippen molar-refractivity contribution in [3.8, 4) is 0 Å². The van der Waals surface area contributed by atoms with Gasteiger partial charge in [-0.3, -0.25) is 9.59 Å². The third-order valence-electron chi connectivity index (χ3n) is 24.5. The highest BCUT2D eigenvalue weighted by atomic mass is 16.8. The molecule has 32 nitrogen and oxygen atoms in total. The van der Waals surface area contributed by atoms with Crippen LogP contribution in [-0.4, -0.2) is 315 Å². The lowest BCUT2D eigenvalue weighted by Crippen LogP contribution is -2.70. The highest BCUT2D eigenvalue weighted by molar-refractivity contribution is 5.79. The quantitative estimate of drug-likeness (QED) is 0.0390. The van der Waals surface area contributed by atoms with Gasteiger partial charge >= 0.3 is 11.9 Å². The fourth-order valence-electron chi connectivity index (χ4n) is 18.7. The van der Waals surface area contributed by atoms with Crippen LogP contribution in [0.1, 0.15) is 106 Å². The Morgan fingerprint density at radius 3 is 1.82 bits per heavy atom. The van der Waals surface area contributed by atoms with Crippen molar-refractivity contribution >= 4 is 11.9 Å².